The van der Waals surface area contributed by atoms with E-state index in [9.17, 15) is 14.4 Å². The molecule has 0 radical (unpaired) electrons. The van der Waals surface area contributed by atoms with Crippen LogP contribution in [0.5, 0.6) is 0 Å². The van der Waals surface area contributed by atoms with Crippen LogP contribution in [-0.4, -0.2) is 36.2 Å². The third-order valence-electron chi connectivity index (χ3n) is 1.99. The van der Waals surface area contributed by atoms with E-state index in [-0.39, 0.29) is 19.6 Å². The maximum atomic E-state index is 11.4. The molecule has 0 bridgehead atoms. The SMILES string of the molecule is C=CC(=O)OCCOC(=O)C(CC)CC(=O)O. The first kappa shape index (κ1) is 15.2. The average Bonchev–Trinajstić information content (AvgIpc) is 2.30. The quantitative estimate of drug-likeness (QED) is 0.385. The van der Waals surface area contributed by atoms with Crippen molar-refractivity contribution < 1.29 is 29.0 Å². The van der Waals surface area contributed by atoms with Gasteiger partial charge in [-0.05, 0) is 6.42 Å². The largest absolute Gasteiger partial charge is 0.481 e. The number of aliphatic carboxylic acids is 1. The molecule has 0 saturated heterocycles. The fraction of sp³-hybridized carbons (Fsp3) is 0.545. The highest BCUT2D eigenvalue weighted by atomic mass is 16.6. The fourth-order valence-corrected chi connectivity index (χ4v) is 1.07. The molecule has 0 saturated carbocycles. The molecule has 0 aliphatic rings. The Hall–Kier alpha value is -1.85. The van der Waals surface area contributed by atoms with Gasteiger partial charge in [0.2, 0.25) is 0 Å². The van der Waals surface area contributed by atoms with Crippen molar-refractivity contribution in [3.05, 3.63) is 12.7 Å². The van der Waals surface area contributed by atoms with Gasteiger partial charge in [-0.2, -0.15) is 0 Å². The number of rotatable bonds is 8. The second kappa shape index (κ2) is 8.32. The summed E-state index contributed by atoms with van der Waals surface area (Å²) in [4.78, 5) is 32.5. The molecule has 0 aromatic rings. The summed E-state index contributed by atoms with van der Waals surface area (Å²) in [5, 5.41) is 8.55. The number of hydrogen-bond acceptors (Lipinski definition) is 5. The van der Waals surface area contributed by atoms with Gasteiger partial charge in [-0.25, -0.2) is 4.79 Å². The van der Waals surface area contributed by atoms with Crippen molar-refractivity contribution in [3.63, 3.8) is 0 Å². The first-order valence-corrected chi connectivity index (χ1v) is 5.18. The van der Waals surface area contributed by atoms with Gasteiger partial charge in [0.1, 0.15) is 13.2 Å². The molecular weight excluding hydrogens is 228 g/mol. The Kier molecular flexibility index (Phi) is 7.41. The van der Waals surface area contributed by atoms with Crippen molar-refractivity contribution in [2.75, 3.05) is 13.2 Å². The first-order chi connectivity index (χ1) is 8.01. The third kappa shape index (κ3) is 7.10. The van der Waals surface area contributed by atoms with Crippen molar-refractivity contribution in [1.82, 2.24) is 0 Å². The number of carboxylic acid groups (broad SMARTS) is 1. The Morgan fingerprint density at radius 1 is 1.29 bits per heavy atom. The van der Waals surface area contributed by atoms with E-state index in [1.807, 2.05) is 0 Å². The molecule has 0 rings (SSSR count). The minimum atomic E-state index is -1.05. The Morgan fingerprint density at radius 3 is 2.35 bits per heavy atom. The van der Waals surface area contributed by atoms with Gasteiger partial charge in [0.05, 0.1) is 12.3 Å². The summed E-state index contributed by atoms with van der Waals surface area (Å²) < 4.78 is 9.36. The molecule has 0 aliphatic carbocycles. The van der Waals surface area contributed by atoms with E-state index in [1.54, 1.807) is 6.92 Å². The van der Waals surface area contributed by atoms with Crippen LogP contribution in [0.2, 0.25) is 0 Å². The van der Waals surface area contributed by atoms with Crippen LogP contribution < -0.4 is 0 Å². The zero-order chi connectivity index (χ0) is 13.3. The molecule has 0 fully saturated rings. The number of esters is 2. The number of carbonyl (C=O) groups is 3. The van der Waals surface area contributed by atoms with Crippen molar-refractivity contribution in [3.8, 4) is 0 Å². The number of hydrogen-bond donors (Lipinski definition) is 1. The smallest absolute Gasteiger partial charge is 0.330 e. The minimum Gasteiger partial charge on any atom is -0.481 e. The Morgan fingerprint density at radius 2 is 1.88 bits per heavy atom. The van der Waals surface area contributed by atoms with Crippen molar-refractivity contribution in [1.29, 1.82) is 0 Å². The Balaban J connectivity index is 3.86. The molecule has 6 nitrogen and oxygen atoms in total. The van der Waals surface area contributed by atoms with Crippen molar-refractivity contribution in [2.24, 2.45) is 5.92 Å². The van der Waals surface area contributed by atoms with Gasteiger partial charge < -0.3 is 14.6 Å². The molecule has 0 spiro atoms. The van der Waals surface area contributed by atoms with Gasteiger partial charge in [-0.3, -0.25) is 9.59 Å². The minimum absolute atomic E-state index is 0.0693. The molecule has 1 unspecified atom stereocenters. The van der Waals surface area contributed by atoms with E-state index in [1.165, 1.54) is 0 Å². The van der Waals surface area contributed by atoms with E-state index in [2.05, 4.69) is 11.3 Å². The molecule has 0 aliphatic heterocycles. The topological polar surface area (TPSA) is 89.9 Å². The third-order valence-corrected chi connectivity index (χ3v) is 1.99. The summed E-state index contributed by atoms with van der Waals surface area (Å²) in [6.07, 6.45) is 1.13. The van der Waals surface area contributed by atoms with E-state index in [0.29, 0.717) is 6.42 Å². The number of carboxylic acids is 1. The predicted molar refractivity (Wildman–Crippen MR) is 58.1 cm³/mol. The first-order valence-electron chi connectivity index (χ1n) is 5.18. The molecule has 0 aromatic carbocycles. The molecule has 6 heteroatoms. The lowest BCUT2D eigenvalue weighted by atomic mass is 10.0. The molecule has 0 amide bonds. The zero-order valence-corrected chi connectivity index (χ0v) is 9.68. The van der Waals surface area contributed by atoms with Crippen LogP contribution in [0.25, 0.3) is 0 Å². The van der Waals surface area contributed by atoms with Crippen LogP contribution in [0.4, 0.5) is 0 Å². The normalized spacial score (nSPS) is 11.4. The average molecular weight is 244 g/mol. The maximum Gasteiger partial charge on any atom is 0.330 e. The van der Waals surface area contributed by atoms with E-state index in [4.69, 9.17) is 9.84 Å². The molecule has 1 atom stereocenters. The van der Waals surface area contributed by atoms with Crippen LogP contribution in [-0.2, 0) is 23.9 Å². The lowest BCUT2D eigenvalue weighted by Crippen LogP contribution is -2.22. The molecule has 17 heavy (non-hydrogen) atoms. The monoisotopic (exact) mass is 244 g/mol. The molecule has 1 N–H and O–H groups in total. The fourth-order valence-electron chi connectivity index (χ4n) is 1.07. The van der Waals surface area contributed by atoms with Crippen LogP contribution >= 0.6 is 0 Å². The van der Waals surface area contributed by atoms with E-state index < -0.39 is 23.8 Å². The van der Waals surface area contributed by atoms with E-state index >= 15 is 0 Å². The van der Waals surface area contributed by atoms with Gasteiger partial charge in [0.15, 0.2) is 0 Å². The van der Waals surface area contributed by atoms with Crippen LogP contribution in [0, 0.1) is 5.92 Å². The van der Waals surface area contributed by atoms with Crippen LogP contribution in [0.15, 0.2) is 12.7 Å². The number of carbonyl (C=O) groups excluding carboxylic acids is 2. The predicted octanol–water partition coefficient (Wildman–Crippen LogP) is 0.760. The van der Waals surface area contributed by atoms with Gasteiger partial charge >= 0.3 is 17.9 Å². The molecule has 96 valence electrons. The van der Waals surface area contributed by atoms with Gasteiger partial charge in [-0.1, -0.05) is 13.5 Å². The second-order valence-corrected chi connectivity index (χ2v) is 3.24. The second-order valence-electron chi connectivity index (χ2n) is 3.24. The van der Waals surface area contributed by atoms with E-state index in [0.717, 1.165) is 6.08 Å². The highest BCUT2D eigenvalue weighted by Gasteiger charge is 2.21. The molecular formula is C11H16O6. The maximum absolute atomic E-state index is 11.4. The van der Waals surface area contributed by atoms with Crippen molar-refractivity contribution in [2.45, 2.75) is 19.8 Å². The summed E-state index contributed by atoms with van der Waals surface area (Å²) in [6, 6.07) is 0. The number of ether oxygens (including phenoxy) is 2. The summed E-state index contributed by atoms with van der Waals surface area (Å²) in [5.74, 6) is -2.90. The Labute approximate surface area is 99.2 Å². The summed E-state index contributed by atoms with van der Waals surface area (Å²) in [7, 11) is 0. The highest BCUT2D eigenvalue weighted by Crippen LogP contribution is 2.10. The summed E-state index contributed by atoms with van der Waals surface area (Å²) in [6.45, 7) is 4.74. The Bertz CT molecular complexity index is 296. The lowest BCUT2D eigenvalue weighted by molar-refractivity contribution is -0.156. The van der Waals surface area contributed by atoms with Crippen LogP contribution in [0.1, 0.15) is 19.8 Å². The lowest BCUT2D eigenvalue weighted by Gasteiger charge is -2.11. The molecule has 0 heterocycles. The highest BCUT2D eigenvalue weighted by molar-refractivity contribution is 5.81. The van der Waals surface area contributed by atoms with Crippen molar-refractivity contribution >= 4 is 17.9 Å². The van der Waals surface area contributed by atoms with Gasteiger partial charge in [-0.15, -0.1) is 0 Å². The van der Waals surface area contributed by atoms with Gasteiger partial charge in [0.25, 0.3) is 0 Å². The standard InChI is InChI=1S/C11H16O6/c1-3-8(7-9(12)13)11(15)17-6-5-16-10(14)4-2/h4,8H,2-3,5-7H2,1H3,(H,12,13). The summed E-state index contributed by atoms with van der Waals surface area (Å²) >= 11 is 0. The summed E-state index contributed by atoms with van der Waals surface area (Å²) in [5.41, 5.74) is 0. The zero-order valence-electron chi connectivity index (χ0n) is 9.68. The molecule has 0 aromatic heterocycles. The van der Waals surface area contributed by atoms with Gasteiger partial charge in [0, 0.05) is 6.08 Å². The van der Waals surface area contributed by atoms with Crippen LogP contribution in [0.3, 0.4) is 0 Å².